The zero-order valence-corrected chi connectivity index (χ0v) is 11.8. The quantitative estimate of drug-likeness (QED) is 0.780. The van der Waals surface area contributed by atoms with Crippen molar-refractivity contribution in [2.75, 3.05) is 0 Å². The van der Waals surface area contributed by atoms with Crippen LogP contribution < -0.4 is 0 Å². The Bertz CT molecular complexity index is 744. The normalized spacial score (nSPS) is 11.6. The van der Waals surface area contributed by atoms with Crippen LogP contribution in [0.5, 0.6) is 5.75 Å². The second-order valence-electron chi connectivity index (χ2n) is 4.84. The van der Waals surface area contributed by atoms with E-state index in [1.807, 2.05) is 19.1 Å². The van der Waals surface area contributed by atoms with Gasteiger partial charge >= 0.3 is 0 Å². The van der Waals surface area contributed by atoms with Gasteiger partial charge in [-0.2, -0.15) is 9.61 Å². The van der Waals surface area contributed by atoms with Crippen molar-refractivity contribution in [3.05, 3.63) is 29.6 Å². The van der Waals surface area contributed by atoms with Gasteiger partial charge in [0, 0.05) is 5.92 Å². The van der Waals surface area contributed by atoms with Crippen molar-refractivity contribution in [3.63, 3.8) is 0 Å². The minimum Gasteiger partial charge on any atom is -0.507 e. The van der Waals surface area contributed by atoms with Gasteiger partial charge in [0.1, 0.15) is 5.75 Å². The highest BCUT2D eigenvalue weighted by Crippen LogP contribution is 2.33. The lowest BCUT2D eigenvalue weighted by molar-refractivity contribution is 0.477. The molecule has 1 N–H and O–H groups in total. The first-order valence-corrected chi connectivity index (χ1v) is 6.90. The molecule has 0 atom stereocenters. The van der Waals surface area contributed by atoms with Crippen molar-refractivity contribution >= 4 is 16.3 Å². The average Bonchev–Trinajstić information content (AvgIpc) is 2.91. The van der Waals surface area contributed by atoms with Crippen molar-refractivity contribution in [2.45, 2.75) is 26.7 Å². The smallest absolute Gasteiger partial charge is 0.234 e. The molecule has 98 valence electrons. The molecule has 0 bridgehead atoms. The van der Waals surface area contributed by atoms with E-state index >= 15 is 0 Å². The summed E-state index contributed by atoms with van der Waals surface area (Å²) < 4.78 is 1.76. The van der Waals surface area contributed by atoms with Crippen LogP contribution in [-0.2, 0) is 0 Å². The summed E-state index contributed by atoms with van der Waals surface area (Å²) in [6.07, 6.45) is 0. The molecule has 19 heavy (non-hydrogen) atoms. The number of aryl methyl sites for hydroxylation is 1. The highest BCUT2D eigenvalue weighted by Gasteiger charge is 2.16. The number of hydrogen-bond acceptors (Lipinski definition) is 5. The first-order valence-electron chi connectivity index (χ1n) is 6.08. The van der Waals surface area contributed by atoms with E-state index in [1.165, 1.54) is 11.3 Å². The molecule has 0 aliphatic heterocycles. The molecule has 0 saturated carbocycles. The highest BCUT2D eigenvalue weighted by atomic mass is 32.1. The molecule has 3 aromatic rings. The van der Waals surface area contributed by atoms with Gasteiger partial charge < -0.3 is 5.11 Å². The van der Waals surface area contributed by atoms with Gasteiger partial charge in [0.25, 0.3) is 0 Å². The molecule has 0 amide bonds. The summed E-state index contributed by atoms with van der Waals surface area (Å²) in [7, 11) is 0. The van der Waals surface area contributed by atoms with Gasteiger partial charge in [-0.15, -0.1) is 10.2 Å². The number of aromatic hydroxyl groups is 1. The number of fused-ring (bicyclic) bond motifs is 1. The molecular formula is C13H14N4OS. The van der Waals surface area contributed by atoms with Crippen LogP contribution in [0.25, 0.3) is 15.5 Å². The molecule has 0 aliphatic rings. The number of benzene rings is 1. The van der Waals surface area contributed by atoms with Crippen LogP contribution in [0.2, 0.25) is 0 Å². The number of phenols is 1. The predicted molar refractivity (Wildman–Crippen MR) is 74.6 cm³/mol. The SMILES string of the molecule is Cc1ccc(O)c(-c2nn3c(C(C)C)nnc3s2)c1. The van der Waals surface area contributed by atoms with Crippen LogP contribution in [0.15, 0.2) is 18.2 Å². The lowest BCUT2D eigenvalue weighted by Gasteiger charge is -2.02. The fourth-order valence-electron chi connectivity index (χ4n) is 1.92. The third kappa shape index (κ3) is 1.98. The van der Waals surface area contributed by atoms with Crippen LogP contribution in [0.4, 0.5) is 0 Å². The predicted octanol–water partition coefficient (Wildman–Crippen LogP) is 2.99. The molecule has 0 saturated heterocycles. The molecule has 0 spiro atoms. The van der Waals surface area contributed by atoms with Crippen LogP contribution in [0.1, 0.15) is 31.2 Å². The standard InChI is InChI=1S/C13H14N4OS/c1-7(2)11-14-15-13-17(11)16-12(19-13)9-6-8(3)4-5-10(9)18/h4-7,18H,1-3H3. The molecule has 0 radical (unpaired) electrons. The Hall–Kier alpha value is -1.95. The van der Waals surface area contributed by atoms with Gasteiger partial charge in [-0.05, 0) is 19.1 Å². The van der Waals surface area contributed by atoms with Crippen molar-refractivity contribution in [1.29, 1.82) is 0 Å². The lowest BCUT2D eigenvalue weighted by atomic mass is 10.1. The van der Waals surface area contributed by atoms with Crippen molar-refractivity contribution < 1.29 is 5.11 Å². The maximum atomic E-state index is 9.95. The maximum absolute atomic E-state index is 9.95. The number of nitrogens with zero attached hydrogens (tertiary/aromatic N) is 4. The van der Waals surface area contributed by atoms with Crippen LogP contribution in [0.3, 0.4) is 0 Å². The fraction of sp³-hybridized carbons (Fsp3) is 0.308. The summed E-state index contributed by atoms with van der Waals surface area (Å²) in [4.78, 5) is 0.750. The maximum Gasteiger partial charge on any atom is 0.234 e. The lowest BCUT2D eigenvalue weighted by Crippen LogP contribution is -1.97. The van der Waals surface area contributed by atoms with Crippen molar-refractivity contribution in [1.82, 2.24) is 19.8 Å². The van der Waals surface area contributed by atoms with Gasteiger partial charge in [-0.1, -0.05) is 36.8 Å². The summed E-state index contributed by atoms with van der Waals surface area (Å²) in [6, 6.07) is 5.49. The average molecular weight is 274 g/mol. The van der Waals surface area contributed by atoms with E-state index < -0.39 is 0 Å². The van der Waals surface area contributed by atoms with Crippen LogP contribution in [0, 0.1) is 6.92 Å². The monoisotopic (exact) mass is 274 g/mol. The summed E-state index contributed by atoms with van der Waals surface area (Å²) in [5.74, 6) is 1.34. The molecule has 6 heteroatoms. The largest absolute Gasteiger partial charge is 0.507 e. The van der Waals surface area contributed by atoms with Crippen molar-refractivity contribution in [2.24, 2.45) is 0 Å². The van der Waals surface area contributed by atoms with Crippen molar-refractivity contribution in [3.8, 4) is 16.3 Å². The molecule has 5 nitrogen and oxygen atoms in total. The Morgan fingerprint density at radius 1 is 1.26 bits per heavy atom. The molecule has 1 aromatic carbocycles. The highest BCUT2D eigenvalue weighted by molar-refractivity contribution is 7.19. The summed E-state index contributed by atoms with van der Waals surface area (Å²) >= 11 is 1.43. The van der Waals surface area contributed by atoms with Crippen LogP contribution in [-0.4, -0.2) is 24.9 Å². The molecule has 2 heterocycles. The number of rotatable bonds is 2. The Kier molecular flexibility index (Phi) is 2.74. The topological polar surface area (TPSA) is 63.3 Å². The molecule has 0 fully saturated rings. The van der Waals surface area contributed by atoms with E-state index in [-0.39, 0.29) is 11.7 Å². The molecule has 0 aliphatic carbocycles. The minimum absolute atomic E-state index is 0.238. The van der Waals surface area contributed by atoms with E-state index in [0.717, 1.165) is 26.9 Å². The summed E-state index contributed by atoms with van der Waals surface area (Å²) in [5, 5.41) is 23.5. The third-order valence-electron chi connectivity index (χ3n) is 2.91. The minimum atomic E-state index is 0.238. The third-order valence-corrected chi connectivity index (χ3v) is 3.85. The summed E-state index contributed by atoms with van der Waals surface area (Å²) in [6.45, 7) is 6.10. The van der Waals surface area contributed by atoms with E-state index in [1.54, 1.807) is 10.6 Å². The van der Waals surface area contributed by atoms with Crippen LogP contribution >= 0.6 is 11.3 Å². The van der Waals surface area contributed by atoms with E-state index in [0.29, 0.717) is 0 Å². The Morgan fingerprint density at radius 2 is 2.05 bits per heavy atom. The molecular weight excluding hydrogens is 260 g/mol. The zero-order valence-electron chi connectivity index (χ0n) is 11.0. The number of phenolic OH excluding ortho intramolecular Hbond substituents is 1. The second-order valence-corrected chi connectivity index (χ2v) is 5.79. The second kappa shape index (κ2) is 4.31. The van der Waals surface area contributed by atoms with Gasteiger partial charge in [-0.25, -0.2) is 0 Å². The van der Waals surface area contributed by atoms with Gasteiger partial charge in [0.05, 0.1) is 5.56 Å². The van der Waals surface area contributed by atoms with Gasteiger partial charge in [0.2, 0.25) is 4.96 Å². The first-order chi connectivity index (χ1) is 9.06. The first kappa shape index (κ1) is 12.1. The molecule has 3 rings (SSSR count). The van der Waals surface area contributed by atoms with Gasteiger partial charge in [0.15, 0.2) is 10.8 Å². The fourth-order valence-corrected chi connectivity index (χ4v) is 2.79. The molecule has 0 unspecified atom stereocenters. The van der Waals surface area contributed by atoms with Gasteiger partial charge in [-0.3, -0.25) is 0 Å². The zero-order chi connectivity index (χ0) is 13.6. The summed E-state index contributed by atoms with van der Waals surface area (Å²) in [5.41, 5.74) is 1.83. The Morgan fingerprint density at radius 3 is 2.79 bits per heavy atom. The molecule has 2 aromatic heterocycles. The number of aromatic nitrogens is 4. The number of hydrogen-bond donors (Lipinski definition) is 1. The van der Waals surface area contributed by atoms with E-state index in [4.69, 9.17) is 0 Å². The Balaban J connectivity index is 2.18. The van der Waals surface area contributed by atoms with E-state index in [2.05, 4.69) is 29.1 Å². The Labute approximate surface area is 114 Å². The van der Waals surface area contributed by atoms with E-state index in [9.17, 15) is 5.11 Å².